The molecule has 2 N–H and O–H groups in total. The number of hydrogen-bond donors (Lipinski definition) is 1. The smallest absolute Gasteiger partial charge is 0.198 e. The SMILES string of the molecule is COC1CCC2(CC1)Cc1ccc(C#CC3CC3)cc1C21N=C(N)N2CC3(CC3)CN=C21. The highest BCUT2D eigenvalue weighted by molar-refractivity contribution is 6.11. The molecule has 0 saturated heterocycles. The predicted molar refractivity (Wildman–Crippen MR) is 125 cm³/mol. The molecule has 4 aliphatic carbocycles. The van der Waals surface area contributed by atoms with Crippen LogP contribution in [0, 0.1) is 28.6 Å². The van der Waals surface area contributed by atoms with Crippen molar-refractivity contribution >= 4 is 11.8 Å². The summed E-state index contributed by atoms with van der Waals surface area (Å²) >= 11 is 0. The fraction of sp³-hybridized carbons (Fsp3) is 0.630. The van der Waals surface area contributed by atoms with Gasteiger partial charge in [0.15, 0.2) is 11.5 Å². The van der Waals surface area contributed by atoms with Gasteiger partial charge in [0.2, 0.25) is 0 Å². The standard InChI is InChI=1S/C27H32N4O/c1-32-21-8-10-26(11-9-21)15-20-7-6-19(5-4-18-2-3-18)14-22(20)27(26)23-29-16-25(12-13-25)17-31(23)24(28)30-27/h6-7,14,18,21H,2-3,8-13,15-17H2,1H3,(H2,28,30). The van der Waals surface area contributed by atoms with Gasteiger partial charge in [-0.25, -0.2) is 4.99 Å². The molecule has 1 atom stereocenters. The second-order valence-corrected chi connectivity index (χ2v) is 11.2. The molecule has 1 aromatic carbocycles. The Hall–Kier alpha value is -2.32. The normalized spacial score (nSPS) is 35.9. The minimum Gasteiger partial charge on any atom is -0.381 e. The summed E-state index contributed by atoms with van der Waals surface area (Å²) in [5.41, 5.74) is 10.4. The van der Waals surface area contributed by atoms with Gasteiger partial charge in [0.1, 0.15) is 5.84 Å². The van der Waals surface area contributed by atoms with Crippen LogP contribution in [0.3, 0.4) is 0 Å². The minimum atomic E-state index is -0.459. The lowest BCUT2D eigenvalue weighted by Crippen LogP contribution is -2.55. The van der Waals surface area contributed by atoms with Crippen molar-refractivity contribution in [3.05, 3.63) is 34.9 Å². The molecule has 0 radical (unpaired) electrons. The largest absolute Gasteiger partial charge is 0.381 e. The van der Waals surface area contributed by atoms with E-state index < -0.39 is 5.54 Å². The fourth-order valence-corrected chi connectivity index (χ4v) is 6.85. The van der Waals surface area contributed by atoms with E-state index in [1.165, 1.54) is 36.8 Å². The molecular weight excluding hydrogens is 396 g/mol. The third-order valence-electron chi connectivity index (χ3n) is 9.17. The Morgan fingerprint density at radius 3 is 2.66 bits per heavy atom. The Morgan fingerprint density at radius 2 is 1.94 bits per heavy atom. The van der Waals surface area contributed by atoms with Gasteiger partial charge in [-0.05, 0) is 81.0 Å². The molecule has 0 amide bonds. The molecule has 5 nitrogen and oxygen atoms in total. The summed E-state index contributed by atoms with van der Waals surface area (Å²) in [6.07, 6.45) is 10.8. The first-order chi connectivity index (χ1) is 15.6. The van der Waals surface area contributed by atoms with Crippen LogP contribution in [-0.2, 0) is 16.7 Å². The van der Waals surface area contributed by atoms with Crippen molar-refractivity contribution in [2.75, 3.05) is 20.2 Å². The number of ether oxygens (including phenoxy) is 1. The van der Waals surface area contributed by atoms with Crippen molar-refractivity contribution in [1.82, 2.24) is 4.90 Å². The molecule has 7 rings (SSSR count). The zero-order valence-corrected chi connectivity index (χ0v) is 19.0. The Labute approximate surface area is 190 Å². The van der Waals surface area contributed by atoms with Crippen LogP contribution in [0.5, 0.6) is 0 Å². The zero-order chi connectivity index (χ0) is 21.6. The molecular formula is C27H32N4O. The average Bonchev–Trinajstić information content (AvgIpc) is 3.73. The molecule has 5 heteroatoms. The van der Waals surface area contributed by atoms with Gasteiger partial charge in [0.25, 0.3) is 0 Å². The maximum absolute atomic E-state index is 6.68. The fourth-order valence-electron chi connectivity index (χ4n) is 6.85. The maximum atomic E-state index is 6.68. The van der Waals surface area contributed by atoms with E-state index in [9.17, 15) is 0 Å². The van der Waals surface area contributed by atoms with Crippen LogP contribution in [-0.4, -0.2) is 43.0 Å². The van der Waals surface area contributed by atoms with Crippen LogP contribution < -0.4 is 5.73 Å². The first kappa shape index (κ1) is 19.2. The first-order valence-electron chi connectivity index (χ1n) is 12.4. The molecule has 1 unspecified atom stereocenters. The number of aliphatic imine (C=N–C) groups is 2. The number of fused-ring (bicyclic) bond motifs is 5. The third kappa shape index (κ3) is 2.56. The van der Waals surface area contributed by atoms with Gasteiger partial charge >= 0.3 is 0 Å². The van der Waals surface area contributed by atoms with Crippen LogP contribution in [0.2, 0.25) is 0 Å². The molecule has 6 aliphatic rings. The lowest BCUT2D eigenvalue weighted by Gasteiger charge is -2.47. The lowest BCUT2D eigenvalue weighted by atomic mass is 9.61. The molecule has 1 aromatic rings. The highest BCUT2D eigenvalue weighted by Crippen LogP contribution is 2.63. The number of nitrogens with zero attached hydrogens (tertiary/aromatic N) is 3. The van der Waals surface area contributed by atoms with Gasteiger partial charge in [-0.1, -0.05) is 17.9 Å². The molecule has 3 fully saturated rings. The molecule has 32 heavy (non-hydrogen) atoms. The van der Waals surface area contributed by atoms with Gasteiger partial charge < -0.3 is 10.5 Å². The van der Waals surface area contributed by atoms with Gasteiger partial charge in [0.05, 0.1) is 6.10 Å². The molecule has 3 saturated carbocycles. The summed E-state index contributed by atoms with van der Waals surface area (Å²) in [6.45, 7) is 1.91. The number of benzene rings is 1. The second-order valence-electron chi connectivity index (χ2n) is 11.2. The molecule has 2 aliphatic heterocycles. The summed E-state index contributed by atoms with van der Waals surface area (Å²) in [5, 5.41) is 0. The van der Waals surface area contributed by atoms with Crippen molar-refractivity contribution in [3.8, 4) is 11.8 Å². The monoisotopic (exact) mass is 428 g/mol. The molecule has 3 spiro atoms. The number of hydrogen-bond acceptors (Lipinski definition) is 5. The first-order valence-corrected chi connectivity index (χ1v) is 12.4. The van der Waals surface area contributed by atoms with Crippen molar-refractivity contribution < 1.29 is 4.74 Å². The second kappa shape index (κ2) is 6.38. The molecule has 2 heterocycles. The van der Waals surface area contributed by atoms with Crippen molar-refractivity contribution in [1.29, 1.82) is 0 Å². The Bertz CT molecular complexity index is 1110. The topological polar surface area (TPSA) is 63.2 Å². The molecule has 166 valence electrons. The van der Waals surface area contributed by atoms with Crippen molar-refractivity contribution in [2.45, 2.75) is 69.4 Å². The van der Waals surface area contributed by atoms with Crippen LogP contribution in [0.15, 0.2) is 28.2 Å². The van der Waals surface area contributed by atoms with Gasteiger partial charge in [0, 0.05) is 42.5 Å². The van der Waals surface area contributed by atoms with E-state index in [0.717, 1.165) is 56.6 Å². The van der Waals surface area contributed by atoms with Crippen molar-refractivity contribution in [2.24, 2.45) is 32.5 Å². The number of guanidine groups is 1. The highest BCUT2D eigenvalue weighted by Gasteiger charge is 2.66. The lowest BCUT2D eigenvalue weighted by molar-refractivity contribution is 0.0111. The average molecular weight is 429 g/mol. The van der Waals surface area contributed by atoms with Crippen LogP contribution in [0.1, 0.15) is 68.1 Å². The van der Waals surface area contributed by atoms with Crippen LogP contribution in [0.4, 0.5) is 0 Å². The Kier molecular flexibility index (Phi) is 3.82. The number of amidine groups is 1. The van der Waals surface area contributed by atoms with E-state index in [1.807, 2.05) is 7.11 Å². The van der Waals surface area contributed by atoms with E-state index >= 15 is 0 Å². The summed E-state index contributed by atoms with van der Waals surface area (Å²) in [4.78, 5) is 12.9. The van der Waals surface area contributed by atoms with Gasteiger partial charge in [-0.3, -0.25) is 9.89 Å². The van der Waals surface area contributed by atoms with Gasteiger partial charge in [-0.2, -0.15) is 0 Å². The van der Waals surface area contributed by atoms with E-state index in [2.05, 4.69) is 34.9 Å². The van der Waals surface area contributed by atoms with Crippen molar-refractivity contribution in [3.63, 3.8) is 0 Å². The zero-order valence-electron chi connectivity index (χ0n) is 19.0. The van der Waals surface area contributed by atoms with E-state index in [1.54, 1.807) is 0 Å². The quantitative estimate of drug-likeness (QED) is 0.695. The third-order valence-corrected chi connectivity index (χ3v) is 9.17. The van der Waals surface area contributed by atoms with Gasteiger partial charge in [-0.15, -0.1) is 0 Å². The highest BCUT2D eigenvalue weighted by atomic mass is 16.5. The summed E-state index contributed by atoms with van der Waals surface area (Å²) in [5.74, 6) is 9.29. The summed E-state index contributed by atoms with van der Waals surface area (Å²) < 4.78 is 5.75. The number of methoxy groups -OCH3 is 1. The Morgan fingerprint density at radius 1 is 1.12 bits per heavy atom. The molecule has 0 bridgehead atoms. The number of rotatable bonds is 1. The van der Waals surface area contributed by atoms with E-state index in [4.69, 9.17) is 20.5 Å². The van der Waals surface area contributed by atoms with Crippen LogP contribution >= 0.6 is 0 Å². The number of nitrogens with two attached hydrogens (primary N) is 1. The predicted octanol–water partition coefficient (Wildman–Crippen LogP) is 3.60. The van der Waals surface area contributed by atoms with Crippen LogP contribution in [0.25, 0.3) is 0 Å². The molecule has 0 aromatic heterocycles. The summed E-state index contributed by atoms with van der Waals surface area (Å²) in [6, 6.07) is 6.85. The van der Waals surface area contributed by atoms with E-state index in [-0.39, 0.29) is 5.41 Å². The summed E-state index contributed by atoms with van der Waals surface area (Å²) in [7, 11) is 1.85. The van der Waals surface area contributed by atoms with E-state index in [0.29, 0.717) is 23.4 Å². The maximum Gasteiger partial charge on any atom is 0.198 e. The minimum absolute atomic E-state index is 0.0269. The Balaban J connectivity index is 1.38.